The van der Waals surface area contributed by atoms with Gasteiger partial charge in [0.2, 0.25) is 0 Å². The van der Waals surface area contributed by atoms with E-state index in [4.69, 9.17) is 0 Å². The van der Waals surface area contributed by atoms with E-state index >= 15 is 0 Å². The fourth-order valence-electron chi connectivity index (χ4n) is 0.666. The van der Waals surface area contributed by atoms with Gasteiger partial charge in [-0.3, -0.25) is 4.79 Å². The molecule has 58 valence electrons. The van der Waals surface area contributed by atoms with Gasteiger partial charge in [-0.1, -0.05) is 0 Å². The summed E-state index contributed by atoms with van der Waals surface area (Å²) in [5.74, 6) is -0.487. The van der Waals surface area contributed by atoms with Crippen LogP contribution in [0.2, 0.25) is 0 Å². The quantitative estimate of drug-likeness (QED) is 0.572. The van der Waals surface area contributed by atoms with E-state index < -0.39 is 5.82 Å². The number of carbonyl (C=O) groups excluding carboxylic acids is 1. The molecule has 0 atom stereocenters. The zero-order valence-corrected chi connectivity index (χ0v) is 9.02. The monoisotopic (exact) mass is 328 g/mol. The van der Waals surface area contributed by atoms with Gasteiger partial charge in [-0.05, 0) is 50.7 Å². The Morgan fingerprint density at radius 1 is 1.55 bits per heavy atom. The lowest BCUT2D eigenvalue weighted by Gasteiger charge is -1.98. The van der Waals surface area contributed by atoms with Gasteiger partial charge in [-0.2, -0.15) is 0 Å². The van der Waals surface area contributed by atoms with Crippen molar-refractivity contribution in [1.29, 1.82) is 0 Å². The van der Waals surface area contributed by atoms with Gasteiger partial charge in [0.1, 0.15) is 5.82 Å². The van der Waals surface area contributed by atoms with Gasteiger partial charge in [0, 0.05) is 8.04 Å². The van der Waals surface area contributed by atoms with E-state index in [1.807, 2.05) is 22.6 Å². The lowest BCUT2D eigenvalue weighted by atomic mass is 10.2. The van der Waals surface area contributed by atoms with Crippen LogP contribution in [0.4, 0.5) is 4.39 Å². The lowest BCUT2D eigenvalue weighted by molar-refractivity contribution is 0.111. The normalized spacial score (nSPS) is 9.73. The smallest absolute Gasteiger partial charge is 0.154 e. The SMILES string of the molecule is O=Cc1c(F)cc(I)cc1Br. The molecule has 0 heterocycles. The maximum absolute atomic E-state index is 12.8. The molecular formula is C7H3BrFIO. The van der Waals surface area contributed by atoms with Gasteiger partial charge >= 0.3 is 0 Å². The topological polar surface area (TPSA) is 17.1 Å². The Morgan fingerprint density at radius 3 is 2.64 bits per heavy atom. The van der Waals surface area contributed by atoms with E-state index in [2.05, 4.69) is 15.9 Å². The Balaban J connectivity index is 3.36. The summed E-state index contributed by atoms with van der Waals surface area (Å²) < 4.78 is 14.1. The van der Waals surface area contributed by atoms with E-state index in [1.165, 1.54) is 6.07 Å². The summed E-state index contributed by atoms with van der Waals surface area (Å²) in [5.41, 5.74) is 0.0745. The number of benzene rings is 1. The van der Waals surface area contributed by atoms with E-state index in [1.54, 1.807) is 6.07 Å². The first-order chi connectivity index (χ1) is 5.15. The fraction of sp³-hybridized carbons (Fsp3) is 0. The standard InChI is InChI=1S/C7H3BrFIO/c8-6-1-4(10)2-7(9)5(6)3-11/h1-3H. The fourth-order valence-corrected chi connectivity index (χ4v) is 2.21. The first kappa shape index (κ1) is 9.12. The van der Waals surface area contributed by atoms with Crippen LogP contribution in [0.15, 0.2) is 16.6 Å². The molecule has 0 spiro atoms. The molecule has 0 fully saturated rings. The van der Waals surface area contributed by atoms with Crippen LogP contribution in [0.25, 0.3) is 0 Å². The van der Waals surface area contributed by atoms with E-state index in [0.29, 0.717) is 10.8 Å². The van der Waals surface area contributed by atoms with Crippen molar-refractivity contribution in [2.75, 3.05) is 0 Å². The average Bonchev–Trinajstić information content (AvgIpc) is 1.85. The highest BCUT2D eigenvalue weighted by atomic mass is 127. The highest BCUT2D eigenvalue weighted by Crippen LogP contribution is 2.21. The minimum atomic E-state index is -0.487. The third-order valence-corrected chi connectivity index (χ3v) is 2.44. The first-order valence-electron chi connectivity index (χ1n) is 2.75. The summed E-state index contributed by atoms with van der Waals surface area (Å²) >= 11 is 5.06. The van der Waals surface area contributed by atoms with Crippen LogP contribution in [0.3, 0.4) is 0 Å². The predicted molar refractivity (Wildman–Crippen MR) is 52.2 cm³/mol. The molecule has 1 aromatic carbocycles. The molecule has 0 unspecified atom stereocenters. The molecule has 0 saturated carbocycles. The molecule has 0 aliphatic rings. The molecule has 0 N–H and O–H groups in total. The van der Waals surface area contributed by atoms with Crippen molar-refractivity contribution < 1.29 is 9.18 Å². The van der Waals surface area contributed by atoms with Crippen molar-refractivity contribution >= 4 is 44.8 Å². The second-order valence-electron chi connectivity index (χ2n) is 1.90. The third kappa shape index (κ3) is 1.99. The second-order valence-corrected chi connectivity index (χ2v) is 4.00. The van der Waals surface area contributed by atoms with Crippen molar-refractivity contribution in [1.82, 2.24) is 0 Å². The summed E-state index contributed by atoms with van der Waals surface area (Å²) in [6, 6.07) is 3.00. The zero-order chi connectivity index (χ0) is 8.43. The van der Waals surface area contributed by atoms with Gasteiger partial charge in [-0.25, -0.2) is 4.39 Å². The molecular weight excluding hydrogens is 326 g/mol. The Morgan fingerprint density at radius 2 is 2.18 bits per heavy atom. The molecule has 0 aromatic heterocycles. The Kier molecular flexibility index (Phi) is 3.00. The molecule has 1 rings (SSSR count). The van der Waals surface area contributed by atoms with Crippen molar-refractivity contribution in [3.05, 3.63) is 31.6 Å². The molecule has 1 nitrogen and oxygen atoms in total. The summed E-state index contributed by atoms with van der Waals surface area (Å²) in [6.45, 7) is 0. The van der Waals surface area contributed by atoms with Crippen molar-refractivity contribution in [2.45, 2.75) is 0 Å². The Labute approximate surface area is 85.3 Å². The maximum atomic E-state index is 12.8. The van der Waals surface area contributed by atoms with E-state index in [-0.39, 0.29) is 5.56 Å². The van der Waals surface area contributed by atoms with Crippen molar-refractivity contribution in [3.8, 4) is 0 Å². The molecule has 0 amide bonds. The van der Waals surface area contributed by atoms with Crippen LogP contribution in [-0.4, -0.2) is 6.29 Å². The zero-order valence-electron chi connectivity index (χ0n) is 5.27. The number of carbonyl (C=O) groups is 1. The molecule has 4 heteroatoms. The summed E-state index contributed by atoms with van der Waals surface area (Å²) in [7, 11) is 0. The van der Waals surface area contributed by atoms with Crippen LogP contribution in [0, 0.1) is 9.39 Å². The number of hydrogen-bond acceptors (Lipinski definition) is 1. The van der Waals surface area contributed by atoms with Gasteiger partial charge in [0.05, 0.1) is 5.56 Å². The van der Waals surface area contributed by atoms with Crippen molar-refractivity contribution in [3.63, 3.8) is 0 Å². The molecule has 11 heavy (non-hydrogen) atoms. The van der Waals surface area contributed by atoms with Gasteiger partial charge < -0.3 is 0 Å². The molecule has 0 saturated heterocycles. The van der Waals surface area contributed by atoms with Crippen LogP contribution >= 0.6 is 38.5 Å². The predicted octanol–water partition coefficient (Wildman–Crippen LogP) is 3.01. The highest BCUT2D eigenvalue weighted by Gasteiger charge is 2.06. The average molecular weight is 329 g/mol. The summed E-state index contributed by atoms with van der Waals surface area (Å²) in [6.07, 6.45) is 0.496. The largest absolute Gasteiger partial charge is 0.298 e. The lowest BCUT2D eigenvalue weighted by Crippen LogP contribution is -1.90. The molecule has 1 aromatic rings. The van der Waals surface area contributed by atoms with Crippen LogP contribution in [-0.2, 0) is 0 Å². The number of aldehydes is 1. The molecule has 0 radical (unpaired) electrons. The number of halogens is 3. The van der Waals surface area contributed by atoms with Gasteiger partial charge in [0.25, 0.3) is 0 Å². The molecule has 0 aliphatic heterocycles. The maximum Gasteiger partial charge on any atom is 0.154 e. The van der Waals surface area contributed by atoms with E-state index in [0.717, 1.165) is 3.57 Å². The first-order valence-corrected chi connectivity index (χ1v) is 4.62. The van der Waals surface area contributed by atoms with E-state index in [9.17, 15) is 9.18 Å². The number of rotatable bonds is 1. The van der Waals surface area contributed by atoms with Gasteiger partial charge in [-0.15, -0.1) is 0 Å². The highest BCUT2D eigenvalue weighted by molar-refractivity contribution is 14.1. The van der Waals surface area contributed by atoms with Gasteiger partial charge in [0.15, 0.2) is 6.29 Å². The molecule has 0 bridgehead atoms. The minimum Gasteiger partial charge on any atom is -0.298 e. The van der Waals surface area contributed by atoms with Crippen LogP contribution < -0.4 is 0 Å². The minimum absolute atomic E-state index is 0.0745. The third-order valence-electron chi connectivity index (χ3n) is 1.16. The summed E-state index contributed by atoms with van der Waals surface area (Å²) in [4.78, 5) is 10.3. The Hall–Kier alpha value is 0.0300. The molecule has 0 aliphatic carbocycles. The second kappa shape index (κ2) is 3.62. The summed E-state index contributed by atoms with van der Waals surface area (Å²) in [5, 5.41) is 0. The van der Waals surface area contributed by atoms with Crippen LogP contribution in [0.1, 0.15) is 10.4 Å². The van der Waals surface area contributed by atoms with Crippen molar-refractivity contribution in [2.24, 2.45) is 0 Å². The van der Waals surface area contributed by atoms with Crippen LogP contribution in [0.5, 0.6) is 0 Å². The Bertz CT molecular complexity index is 277. The number of hydrogen-bond donors (Lipinski definition) is 0.